The first-order valence-electron chi connectivity index (χ1n) is 9.92. The number of rotatable bonds is 10. The van der Waals surface area contributed by atoms with E-state index in [9.17, 15) is 9.50 Å². The van der Waals surface area contributed by atoms with E-state index in [0.29, 0.717) is 32.1 Å². The topological polar surface area (TPSA) is 59.8 Å². The van der Waals surface area contributed by atoms with Crippen molar-refractivity contribution in [3.63, 3.8) is 0 Å². The van der Waals surface area contributed by atoms with E-state index in [1.807, 2.05) is 30.3 Å². The third-order valence-corrected chi connectivity index (χ3v) is 4.69. The molecule has 160 valence electrons. The van der Waals surface area contributed by atoms with Gasteiger partial charge in [0.05, 0.1) is 18.3 Å². The molecule has 0 fully saturated rings. The predicted molar refractivity (Wildman–Crippen MR) is 114 cm³/mol. The number of nitrogens with zero attached hydrogens (tertiary/aromatic N) is 3. The second kappa shape index (κ2) is 10.3. The van der Waals surface area contributed by atoms with Crippen molar-refractivity contribution in [2.24, 2.45) is 7.05 Å². The fourth-order valence-corrected chi connectivity index (χ4v) is 3.33. The van der Waals surface area contributed by atoms with E-state index in [2.05, 4.69) is 10.00 Å². The highest BCUT2D eigenvalue weighted by Gasteiger charge is 2.23. The molecule has 3 rings (SSSR count). The van der Waals surface area contributed by atoms with Crippen LogP contribution < -0.4 is 4.74 Å². The minimum atomic E-state index is -0.505. The number of methoxy groups -OCH3 is 1. The molecule has 1 atom stereocenters. The minimum Gasteiger partial charge on any atom is -0.436 e. The summed E-state index contributed by atoms with van der Waals surface area (Å²) in [4.78, 5) is 2.08. The maximum absolute atomic E-state index is 14.3. The van der Waals surface area contributed by atoms with Crippen molar-refractivity contribution in [3.05, 3.63) is 66.0 Å². The highest BCUT2D eigenvalue weighted by atomic mass is 19.1. The summed E-state index contributed by atoms with van der Waals surface area (Å²) in [5.41, 5.74) is 2.52. The summed E-state index contributed by atoms with van der Waals surface area (Å²) < 4.78 is 27.1. The second-order valence-corrected chi connectivity index (χ2v) is 7.23. The first kappa shape index (κ1) is 22.0. The molecule has 1 heterocycles. The zero-order chi connectivity index (χ0) is 21.5. The van der Waals surface area contributed by atoms with E-state index in [4.69, 9.17) is 9.47 Å². The summed E-state index contributed by atoms with van der Waals surface area (Å²) in [7, 11) is 3.42. The minimum absolute atomic E-state index is 0.139. The average molecular weight is 413 g/mol. The molecule has 2 aromatic carbocycles. The standard InChI is InChI=1S/C23H28FN3O3/c1-17(28)15-27(13-14-29-3)16-19-22(18-9-5-4-6-10-18)25-26(2)23(19)30-21-12-8-7-11-20(21)24/h4-12,17,28H,13-16H2,1-3H3/t17-/m0/s1. The molecule has 0 unspecified atom stereocenters. The maximum atomic E-state index is 14.3. The lowest BCUT2D eigenvalue weighted by molar-refractivity contribution is 0.0936. The summed E-state index contributed by atoms with van der Waals surface area (Å²) in [5.74, 6) is 0.165. The van der Waals surface area contributed by atoms with Gasteiger partial charge in [-0.3, -0.25) is 4.90 Å². The van der Waals surface area contributed by atoms with Crippen LogP contribution >= 0.6 is 0 Å². The summed E-state index contributed by atoms with van der Waals surface area (Å²) in [6.07, 6.45) is -0.505. The van der Waals surface area contributed by atoms with Gasteiger partial charge < -0.3 is 14.6 Å². The largest absolute Gasteiger partial charge is 0.436 e. The molecule has 30 heavy (non-hydrogen) atoms. The van der Waals surface area contributed by atoms with Crippen molar-refractivity contribution in [2.45, 2.75) is 19.6 Å². The van der Waals surface area contributed by atoms with Crippen molar-refractivity contribution >= 4 is 0 Å². The molecule has 0 amide bonds. The lowest BCUT2D eigenvalue weighted by Crippen LogP contribution is -2.33. The van der Waals surface area contributed by atoms with E-state index < -0.39 is 11.9 Å². The van der Waals surface area contributed by atoms with Gasteiger partial charge in [0.15, 0.2) is 11.6 Å². The van der Waals surface area contributed by atoms with Crippen LogP contribution in [0.2, 0.25) is 0 Å². The van der Waals surface area contributed by atoms with Gasteiger partial charge in [0.25, 0.3) is 0 Å². The first-order valence-corrected chi connectivity index (χ1v) is 9.92. The van der Waals surface area contributed by atoms with Gasteiger partial charge in [-0.25, -0.2) is 9.07 Å². The lowest BCUT2D eigenvalue weighted by atomic mass is 10.1. The Morgan fingerprint density at radius 2 is 1.83 bits per heavy atom. The van der Waals surface area contributed by atoms with E-state index >= 15 is 0 Å². The van der Waals surface area contributed by atoms with Crippen LogP contribution in [-0.4, -0.2) is 52.7 Å². The molecule has 0 radical (unpaired) electrons. The Labute approximate surface area is 176 Å². The summed E-state index contributed by atoms with van der Waals surface area (Å²) in [6.45, 7) is 3.83. The van der Waals surface area contributed by atoms with Crippen LogP contribution in [0.1, 0.15) is 12.5 Å². The molecular weight excluding hydrogens is 385 g/mol. The molecule has 1 N–H and O–H groups in total. The van der Waals surface area contributed by atoms with E-state index in [0.717, 1.165) is 16.8 Å². The Kier molecular flexibility index (Phi) is 7.57. The number of benzene rings is 2. The van der Waals surface area contributed by atoms with E-state index in [1.165, 1.54) is 6.07 Å². The zero-order valence-corrected chi connectivity index (χ0v) is 17.6. The maximum Gasteiger partial charge on any atom is 0.222 e. The molecule has 0 spiro atoms. The van der Waals surface area contributed by atoms with Gasteiger partial charge in [-0.05, 0) is 19.1 Å². The number of halogens is 1. The van der Waals surface area contributed by atoms with Crippen LogP contribution in [0.15, 0.2) is 54.6 Å². The third-order valence-electron chi connectivity index (χ3n) is 4.69. The van der Waals surface area contributed by atoms with Gasteiger partial charge in [-0.1, -0.05) is 42.5 Å². The number of aliphatic hydroxyl groups excluding tert-OH is 1. The van der Waals surface area contributed by atoms with Gasteiger partial charge >= 0.3 is 0 Å². The van der Waals surface area contributed by atoms with E-state index in [1.54, 1.807) is 44.0 Å². The predicted octanol–water partition coefficient (Wildman–Crippen LogP) is 3.85. The van der Waals surface area contributed by atoms with Gasteiger partial charge in [0.1, 0.15) is 5.69 Å². The fourth-order valence-electron chi connectivity index (χ4n) is 3.33. The van der Waals surface area contributed by atoms with Crippen LogP contribution in [0.4, 0.5) is 4.39 Å². The first-order chi connectivity index (χ1) is 14.5. The molecule has 6 nitrogen and oxygen atoms in total. The van der Waals surface area contributed by atoms with Crippen molar-refractivity contribution in [3.8, 4) is 22.9 Å². The summed E-state index contributed by atoms with van der Waals surface area (Å²) in [6, 6.07) is 16.1. The number of hydrogen-bond acceptors (Lipinski definition) is 5. The molecule has 1 aromatic heterocycles. The van der Waals surface area contributed by atoms with Gasteiger partial charge in [-0.15, -0.1) is 0 Å². The van der Waals surface area contributed by atoms with Crippen LogP contribution in [0.3, 0.4) is 0 Å². The van der Waals surface area contributed by atoms with Crippen LogP contribution in [0.25, 0.3) is 11.3 Å². The van der Waals surface area contributed by atoms with Gasteiger partial charge in [0, 0.05) is 39.4 Å². The molecule has 0 aliphatic rings. The Morgan fingerprint density at radius 3 is 2.50 bits per heavy atom. The second-order valence-electron chi connectivity index (χ2n) is 7.23. The molecule has 0 bridgehead atoms. The highest BCUT2D eigenvalue weighted by Crippen LogP contribution is 2.34. The Bertz CT molecular complexity index is 944. The monoisotopic (exact) mass is 413 g/mol. The normalized spacial score (nSPS) is 12.3. The molecule has 0 aliphatic carbocycles. The average Bonchev–Trinajstić information content (AvgIpc) is 3.03. The molecule has 7 heteroatoms. The number of aryl methyl sites for hydroxylation is 1. The zero-order valence-electron chi connectivity index (χ0n) is 17.6. The van der Waals surface area contributed by atoms with Gasteiger partial charge in [-0.2, -0.15) is 5.10 Å². The number of para-hydroxylation sites is 1. The van der Waals surface area contributed by atoms with Crippen molar-refractivity contribution in [1.29, 1.82) is 0 Å². The van der Waals surface area contributed by atoms with Crippen LogP contribution in [0.5, 0.6) is 11.6 Å². The number of hydrogen-bond donors (Lipinski definition) is 1. The summed E-state index contributed by atoms with van der Waals surface area (Å²) >= 11 is 0. The third kappa shape index (κ3) is 5.44. The molecule has 0 saturated carbocycles. The van der Waals surface area contributed by atoms with Crippen molar-refractivity contribution in [1.82, 2.24) is 14.7 Å². The number of aliphatic hydroxyl groups is 1. The van der Waals surface area contributed by atoms with Crippen molar-refractivity contribution < 1.29 is 19.0 Å². The summed E-state index contributed by atoms with van der Waals surface area (Å²) in [5, 5.41) is 14.6. The fraction of sp³-hybridized carbons (Fsp3) is 0.348. The molecule has 0 saturated heterocycles. The molecule has 0 aliphatic heterocycles. The number of ether oxygens (including phenoxy) is 2. The Balaban J connectivity index is 2.03. The quantitative estimate of drug-likeness (QED) is 0.547. The Morgan fingerprint density at radius 1 is 1.13 bits per heavy atom. The smallest absolute Gasteiger partial charge is 0.222 e. The SMILES string of the molecule is COCCN(Cc1c(-c2ccccc2)nn(C)c1Oc1ccccc1F)C[C@H](C)O. The van der Waals surface area contributed by atoms with Crippen LogP contribution in [0, 0.1) is 5.82 Å². The van der Waals surface area contributed by atoms with Crippen molar-refractivity contribution in [2.75, 3.05) is 26.8 Å². The van der Waals surface area contributed by atoms with E-state index in [-0.39, 0.29) is 5.75 Å². The molecular formula is C23H28FN3O3. The number of aromatic nitrogens is 2. The highest BCUT2D eigenvalue weighted by molar-refractivity contribution is 5.65. The van der Waals surface area contributed by atoms with Crippen LogP contribution in [-0.2, 0) is 18.3 Å². The molecule has 3 aromatic rings. The lowest BCUT2D eigenvalue weighted by Gasteiger charge is -2.24. The Hall–Kier alpha value is -2.74. The van der Waals surface area contributed by atoms with Gasteiger partial charge in [0.2, 0.25) is 5.88 Å².